The molecule has 5 heteroatoms. The van der Waals surface area contributed by atoms with Gasteiger partial charge in [-0.05, 0) is 44.0 Å². The lowest BCUT2D eigenvalue weighted by molar-refractivity contribution is -0.0123. The number of hydrogen-bond acceptors (Lipinski definition) is 4. The number of halogens is 1. The van der Waals surface area contributed by atoms with Gasteiger partial charge in [0.25, 0.3) is 0 Å². The highest BCUT2D eigenvalue weighted by Crippen LogP contribution is 2.29. The first kappa shape index (κ1) is 19.2. The zero-order valence-corrected chi connectivity index (χ0v) is 16.9. The number of nitrogens with zero attached hydrogens (tertiary/aromatic N) is 2. The second-order valence-electron chi connectivity index (χ2n) is 7.30. The van der Waals surface area contributed by atoms with E-state index in [0.717, 1.165) is 49.5 Å². The number of aryl methyl sites for hydroxylation is 1. The lowest BCUT2D eigenvalue weighted by atomic mass is 10.1. The van der Waals surface area contributed by atoms with Crippen molar-refractivity contribution in [2.24, 2.45) is 0 Å². The second kappa shape index (κ2) is 8.91. The topological polar surface area (TPSA) is 38.5 Å². The van der Waals surface area contributed by atoms with Gasteiger partial charge in [0.1, 0.15) is 5.76 Å². The van der Waals surface area contributed by atoms with Crippen LogP contribution in [0.25, 0.3) is 11.5 Å². The van der Waals surface area contributed by atoms with Gasteiger partial charge >= 0.3 is 0 Å². The van der Waals surface area contributed by atoms with Crippen LogP contribution >= 0.6 is 11.6 Å². The molecule has 4 rings (SSSR count). The number of oxazole rings is 1. The van der Waals surface area contributed by atoms with E-state index in [2.05, 4.69) is 29.2 Å². The molecule has 1 aliphatic rings. The third-order valence-electron chi connectivity index (χ3n) is 5.16. The summed E-state index contributed by atoms with van der Waals surface area (Å²) in [6.45, 7) is 5.37. The zero-order valence-electron chi connectivity index (χ0n) is 16.1. The maximum Gasteiger partial charge on any atom is 0.228 e. The van der Waals surface area contributed by atoms with Crippen LogP contribution in [0.1, 0.15) is 29.9 Å². The maximum atomic E-state index is 6.29. The van der Waals surface area contributed by atoms with Crippen LogP contribution < -0.4 is 0 Å². The minimum atomic E-state index is 0.254. The van der Waals surface area contributed by atoms with Crippen LogP contribution in [0, 0.1) is 6.92 Å². The minimum absolute atomic E-state index is 0.254. The summed E-state index contributed by atoms with van der Waals surface area (Å²) in [5, 5.41) is 0.655. The van der Waals surface area contributed by atoms with Gasteiger partial charge in [0, 0.05) is 13.1 Å². The highest BCUT2D eigenvalue weighted by atomic mass is 35.5. The molecule has 0 aliphatic carbocycles. The van der Waals surface area contributed by atoms with Gasteiger partial charge in [-0.2, -0.15) is 0 Å². The van der Waals surface area contributed by atoms with Crippen LogP contribution in [0.2, 0.25) is 5.02 Å². The van der Waals surface area contributed by atoms with Crippen molar-refractivity contribution < 1.29 is 9.15 Å². The average molecular weight is 397 g/mol. The normalized spacial score (nSPS) is 17.7. The molecule has 1 aliphatic heterocycles. The third kappa shape index (κ3) is 4.64. The monoisotopic (exact) mass is 396 g/mol. The van der Waals surface area contributed by atoms with Crippen molar-refractivity contribution in [3.05, 3.63) is 76.6 Å². The van der Waals surface area contributed by atoms with Gasteiger partial charge in [0.15, 0.2) is 0 Å². The Morgan fingerprint density at radius 3 is 2.75 bits per heavy atom. The molecule has 3 aromatic rings. The number of rotatable bonds is 6. The highest BCUT2D eigenvalue weighted by molar-refractivity contribution is 6.33. The summed E-state index contributed by atoms with van der Waals surface area (Å²) < 4.78 is 12.1. The van der Waals surface area contributed by atoms with Crippen LogP contribution in [-0.2, 0) is 17.9 Å². The lowest BCUT2D eigenvalue weighted by Crippen LogP contribution is -2.39. The first-order valence-corrected chi connectivity index (χ1v) is 10.2. The van der Waals surface area contributed by atoms with E-state index in [4.69, 9.17) is 25.7 Å². The van der Waals surface area contributed by atoms with Crippen molar-refractivity contribution in [2.75, 3.05) is 13.1 Å². The standard InChI is InChI=1S/C23H25ClN2O2/c1-17-22(25-23(28-17)20-11-5-6-12-21(20)24)15-26-13-7-10-19(14-26)27-16-18-8-3-2-4-9-18/h2-6,8-9,11-12,19H,7,10,13-16H2,1H3/t19-/m0/s1. The fraction of sp³-hybridized carbons (Fsp3) is 0.348. The average Bonchev–Trinajstić information content (AvgIpc) is 3.08. The largest absolute Gasteiger partial charge is 0.441 e. The molecule has 1 atom stereocenters. The SMILES string of the molecule is Cc1oc(-c2ccccc2Cl)nc1CN1CCC[C@H](OCc2ccccc2)C1. The Bertz CT molecular complexity index is 910. The van der Waals surface area contributed by atoms with E-state index >= 15 is 0 Å². The molecular formula is C23H25ClN2O2. The molecule has 1 aromatic heterocycles. The number of hydrogen-bond donors (Lipinski definition) is 0. The summed E-state index contributed by atoms with van der Waals surface area (Å²) in [5.74, 6) is 1.44. The molecule has 1 fully saturated rings. The van der Waals surface area contributed by atoms with Crippen LogP contribution in [0.3, 0.4) is 0 Å². The lowest BCUT2D eigenvalue weighted by Gasteiger charge is -2.32. The highest BCUT2D eigenvalue weighted by Gasteiger charge is 2.23. The minimum Gasteiger partial charge on any atom is -0.441 e. The van der Waals surface area contributed by atoms with E-state index in [0.29, 0.717) is 17.5 Å². The molecule has 1 saturated heterocycles. The molecule has 0 unspecified atom stereocenters. The van der Waals surface area contributed by atoms with E-state index in [1.807, 2.05) is 37.3 Å². The van der Waals surface area contributed by atoms with Gasteiger partial charge in [-0.3, -0.25) is 4.90 Å². The summed E-state index contributed by atoms with van der Waals surface area (Å²) in [6, 6.07) is 18.0. The Morgan fingerprint density at radius 2 is 1.93 bits per heavy atom. The quantitative estimate of drug-likeness (QED) is 0.552. The van der Waals surface area contributed by atoms with Gasteiger partial charge < -0.3 is 9.15 Å². The number of aromatic nitrogens is 1. The van der Waals surface area contributed by atoms with E-state index < -0.39 is 0 Å². The van der Waals surface area contributed by atoms with Crippen molar-refractivity contribution in [1.82, 2.24) is 9.88 Å². The van der Waals surface area contributed by atoms with Crippen LogP contribution in [0.15, 0.2) is 59.0 Å². The molecule has 2 aromatic carbocycles. The predicted molar refractivity (Wildman–Crippen MR) is 111 cm³/mol. The van der Waals surface area contributed by atoms with Crippen molar-refractivity contribution in [3.8, 4) is 11.5 Å². The number of ether oxygens (including phenoxy) is 1. The fourth-order valence-electron chi connectivity index (χ4n) is 3.62. The van der Waals surface area contributed by atoms with Gasteiger partial charge in [-0.15, -0.1) is 0 Å². The van der Waals surface area contributed by atoms with Gasteiger partial charge in [-0.25, -0.2) is 4.98 Å². The maximum absolute atomic E-state index is 6.29. The summed E-state index contributed by atoms with van der Waals surface area (Å²) in [7, 11) is 0. The van der Waals surface area contributed by atoms with E-state index in [1.165, 1.54) is 5.56 Å². The molecule has 0 amide bonds. The van der Waals surface area contributed by atoms with Crippen LogP contribution in [0.4, 0.5) is 0 Å². The molecule has 2 heterocycles. The smallest absolute Gasteiger partial charge is 0.228 e. The Kier molecular flexibility index (Phi) is 6.10. The third-order valence-corrected chi connectivity index (χ3v) is 5.49. The van der Waals surface area contributed by atoms with Crippen LogP contribution in [-0.4, -0.2) is 29.1 Å². The first-order valence-electron chi connectivity index (χ1n) is 9.78. The number of piperidine rings is 1. The molecule has 28 heavy (non-hydrogen) atoms. The van der Waals surface area contributed by atoms with Crippen molar-refractivity contribution >= 4 is 11.6 Å². The molecular weight excluding hydrogens is 372 g/mol. The first-order chi connectivity index (χ1) is 13.7. The molecule has 4 nitrogen and oxygen atoms in total. The van der Waals surface area contributed by atoms with Crippen molar-refractivity contribution in [2.45, 2.75) is 39.0 Å². The van der Waals surface area contributed by atoms with Crippen LogP contribution in [0.5, 0.6) is 0 Å². The molecule has 0 radical (unpaired) electrons. The van der Waals surface area contributed by atoms with Crippen molar-refractivity contribution in [1.29, 1.82) is 0 Å². The molecule has 0 bridgehead atoms. The zero-order chi connectivity index (χ0) is 19.3. The summed E-state index contributed by atoms with van der Waals surface area (Å²) in [6.07, 6.45) is 2.49. The van der Waals surface area contributed by atoms with E-state index in [9.17, 15) is 0 Å². The Balaban J connectivity index is 1.38. The second-order valence-corrected chi connectivity index (χ2v) is 7.70. The Hall–Kier alpha value is -2.14. The molecule has 146 valence electrons. The number of benzene rings is 2. The molecule has 0 saturated carbocycles. The Labute approximate surface area is 171 Å². The Morgan fingerprint density at radius 1 is 1.14 bits per heavy atom. The van der Waals surface area contributed by atoms with E-state index in [-0.39, 0.29) is 6.10 Å². The van der Waals surface area contributed by atoms with Gasteiger partial charge in [0.05, 0.1) is 29.0 Å². The predicted octanol–water partition coefficient (Wildman–Crippen LogP) is 5.48. The fourth-order valence-corrected chi connectivity index (χ4v) is 3.83. The van der Waals surface area contributed by atoms with Crippen molar-refractivity contribution in [3.63, 3.8) is 0 Å². The summed E-state index contributed by atoms with van der Waals surface area (Å²) >= 11 is 6.29. The molecule has 0 spiro atoms. The summed E-state index contributed by atoms with van der Waals surface area (Å²) in [5.41, 5.74) is 3.02. The number of likely N-dealkylation sites (tertiary alicyclic amines) is 1. The molecule has 0 N–H and O–H groups in total. The van der Waals surface area contributed by atoms with E-state index in [1.54, 1.807) is 0 Å². The van der Waals surface area contributed by atoms with Gasteiger partial charge in [-0.1, -0.05) is 54.1 Å². The van der Waals surface area contributed by atoms with Gasteiger partial charge in [0.2, 0.25) is 5.89 Å². The summed E-state index contributed by atoms with van der Waals surface area (Å²) in [4.78, 5) is 7.12.